The molecule has 15 heavy (non-hydrogen) atoms. The summed E-state index contributed by atoms with van der Waals surface area (Å²) in [6, 6.07) is 8.14. The highest BCUT2D eigenvalue weighted by Gasteiger charge is 2.05. The van der Waals surface area contributed by atoms with E-state index < -0.39 is 0 Å². The van der Waals surface area contributed by atoms with Gasteiger partial charge in [0.1, 0.15) is 5.82 Å². The van der Waals surface area contributed by atoms with E-state index in [2.05, 4.69) is 20.9 Å². The van der Waals surface area contributed by atoms with Crippen LogP contribution >= 0.6 is 0 Å². The van der Waals surface area contributed by atoms with Gasteiger partial charge in [-0.05, 0) is 12.1 Å². The summed E-state index contributed by atoms with van der Waals surface area (Å²) in [6.45, 7) is 2.25. The van der Waals surface area contributed by atoms with Crippen LogP contribution in [-0.2, 0) is 13.6 Å². The highest BCUT2D eigenvalue weighted by molar-refractivity contribution is 5.75. The normalized spacial score (nSPS) is 11.1. The van der Waals surface area contributed by atoms with Crippen LogP contribution in [0.5, 0.6) is 0 Å². The van der Waals surface area contributed by atoms with E-state index in [1.165, 1.54) is 5.52 Å². The van der Waals surface area contributed by atoms with Crippen LogP contribution in [0.15, 0.2) is 24.3 Å². The van der Waals surface area contributed by atoms with E-state index in [1.807, 2.05) is 25.2 Å². The van der Waals surface area contributed by atoms with E-state index in [4.69, 9.17) is 5.73 Å². The predicted octanol–water partition coefficient (Wildman–Crippen LogP) is 0.622. The minimum Gasteiger partial charge on any atom is -0.330 e. The molecule has 0 fully saturated rings. The first kappa shape index (κ1) is 10.1. The molecule has 0 atom stereocenters. The van der Waals surface area contributed by atoms with Crippen LogP contribution in [0.1, 0.15) is 5.82 Å². The summed E-state index contributed by atoms with van der Waals surface area (Å²) >= 11 is 0. The number of hydrogen-bond donors (Lipinski definition) is 2. The first-order chi connectivity index (χ1) is 7.33. The molecule has 0 radical (unpaired) electrons. The molecular formula is C11H16N4. The number of aryl methyl sites for hydroxylation is 1. The summed E-state index contributed by atoms with van der Waals surface area (Å²) < 4.78 is 2.11. The van der Waals surface area contributed by atoms with Crippen LogP contribution in [-0.4, -0.2) is 22.6 Å². The molecule has 0 spiro atoms. The number of hydrogen-bond acceptors (Lipinski definition) is 3. The topological polar surface area (TPSA) is 55.9 Å². The first-order valence-corrected chi connectivity index (χ1v) is 5.14. The van der Waals surface area contributed by atoms with E-state index in [-0.39, 0.29) is 0 Å². The highest BCUT2D eigenvalue weighted by atomic mass is 15.1. The van der Waals surface area contributed by atoms with Crippen molar-refractivity contribution in [2.75, 3.05) is 13.1 Å². The number of benzene rings is 1. The van der Waals surface area contributed by atoms with Gasteiger partial charge < -0.3 is 15.6 Å². The van der Waals surface area contributed by atoms with Crippen molar-refractivity contribution in [3.63, 3.8) is 0 Å². The molecule has 0 saturated heterocycles. The summed E-state index contributed by atoms with van der Waals surface area (Å²) in [5, 5.41) is 3.24. The number of nitrogens with one attached hydrogen (secondary N) is 1. The zero-order chi connectivity index (χ0) is 10.7. The second-order valence-electron chi connectivity index (χ2n) is 3.54. The van der Waals surface area contributed by atoms with Crippen LogP contribution in [0.2, 0.25) is 0 Å². The standard InChI is InChI=1S/C11H16N4/c1-15-10-5-3-2-4-9(10)14-11(15)8-13-7-6-12/h2-5,13H,6-8,12H2,1H3. The van der Waals surface area contributed by atoms with Crippen molar-refractivity contribution >= 4 is 11.0 Å². The van der Waals surface area contributed by atoms with Gasteiger partial charge in [-0.25, -0.2) is 4.98 Å². The Hall–Kier alpha value is -1.39. The molecule has 80 valence electrons. The Balaban J connectivity index is 2.24. The third kappa shape index (κ3) is 2.00. The van der Waals surface area contributed by atoms with Gasteiger partial charge in [-0.3, -0.25) is 0 Å². The fourth-order valence-corrected chi connectivity index (χ4v) is 1.66. The van der Waals surface area contributed by atoms with Gasteiger partial charge in [-0.2, -0.15) is 0 Å². The minimum atomic E-state index is 0.657. The average Bonchev–Trinajstić information content (AvgIpc) is 2.57. The Morgan fingerprint density at radius 2 is 2.20 bits per heavy atom. The maximum Gasteiger partial charge on any atom is 0.123 e. The van der Waals surface area contributed by atoms with E-state index >= 15 is 0 Å². The third-order valence-corrected chi connectivity index (χ3v) is 2.48. The van der Waals surface area contributed by atoms with Crippen LogP contribution in [0.4, 0.5) is 0 Å². The van der Waals surface area contributed by atoms with Gasteiger partial charge in [0.25, 0.3) is 0 Å². The molecule has 1 heterocycles. The average molecular weight is 204 g/mol. The summed E-state index contributed by atoms with van der Waals surface area (Å²) in [7, 11) is 2.04. The van der Waals surface area contributed by atoms with Gasteiger partial charge in [0, 0.05) is 20.1 Å². The van der Waals surface area contributed by atoms with Crippen LogP contribution in [0.3, 0.4) is 0 Å². The first-order valence-electron chi connectivity index (χ1n) is 5.14. The highest BCUT2D eigenvalue weighted by Crippen LogP contribution is 2.13. The Bertz CT molecular complexity index is 447. The molecule has 1 aromatic heterocycles. The van der Waals surface area contributed by atoms with Crippen molar-refractivity contribution in [2.24, 2.45) is 12.8 Å². The Morgan fingerprint density at radius 3 is 2.93 bits per heavy atom. The van der Waals surface area contributed by atoms with Crippen molar-refractivity contribution < 1.29 is 0 Å². The van der Waals surface area contributed by atoms with E-state index in [0.717, 1.165) is 24.4 Å². The maximum atomic E-state index is 5.42. The molecule has 0 aliphatic carbocycles. The van der Waals surface area contributed by atoms with E-state index in [9.17, 15) is 0 Å². The molecule has 0 aliphatic rings. The number of fused-ring (bicyclic) bond motifs is 1. The largest absolute Gasteiger partial charge is 0.330 e. The number of aromatic nitrogens is 2. The maximum absolute atomic E-state index is 5.42. The zero-order valence-electron chi connectivity index (χ0n) is 8.90. The van der Waals surface area contributed by atoms with Crippen molar-refractivity contribution in [1.82, 2.24) is 14.9 Å². The van der Waals surface area contributed by atoms with Crippen molar-refractivity contribution in [3.05, 3.63) is 30.1 Å². The molecule has 4 heteroatoms. The number of nitrogens with zero attached hydrogens (tertiary/aromatic N) is 2. The second-order valence-corrected chi connectivity index (χ2v) is 3.54. The molecule has 0 amide bonds. The van der Waals surface area contributed by atoms with E-state index in [1.54, 1.807) is 0 Å². The van der Waals surface area contributed by atoms with Gasteiger partial charge in [-0.1, -0.05) is 12.1 Å². The Kier molecular flexibility index (Phi) is 2.99. The predicted molar refractivity (Wildman–Crippen MR) is 61.5 cm³/mol. The van der Waals surface area contributed by atoms with Gasteiger partial charge in [0.05, 0.1) is 17.6 Å². The molecule has 4 nitrogen and oxygen atoms in total. The van der Waals surface area contributed by atoms with Crippen molar-refractivity contribution in [2.45, 2.75) is 6.54 Å². The summed E-state index contributed by atoms with van der Waals surface area (Å²) in [6.07, 6.45) is 0. The molecule has 0 saturated carbocycles. The number of nitrogens with two attached hydrogens (primary N) is 1. The minimum absolute atomic E-state index is 0.657. The van der Waals surface area contributed by atoms with Crippen LogP contribution < -0.4 is 11.1 Å². The second kappa shape index (κ2) is 4.42. The van der Waals surface area contributed by atoms with Gasteiger partial charge in [0.2, 0.25) is 0 Å². The Labute approximate surface area is 89.1 Å². The van der Waals surface area contributed by atoms with Gasteiger partial charge >= 0.3 is 0 Å². The fourth-order valence-electron chi connectivity index (χ4n) is 1.66. The van der Waals surface area contributed by atoms with Gasteiger partial charge in [-0.15, -0.1) is 0 Å². The number of para-hydroxylation sites is 2. The molecule has 1 aromatic carbocycles. The summed E-state index contributed by atoms with van der Waals surface area (Å²) in [5.41, 5.74) is 7.63. The lowest BCUT2D eigenvalue weighted by Gasteiger charge is -2.03. The Morgan fingerprint density at radius 1 is 1.40 bits per heavy atom. The molecule has 0 unspecified atom stereocenters. The van der Waals surface area contributed by atoms with E-state index in [0.29, 0.717) is 6.54 Å². The molecular weight excluding hydrogens is 188 g/mol. The number of imidazole rings is 1. The lowest BCUT2D eigenvalue weighted by atomic mass is 10.3. The summed E-state index contributed by atoms with van der Waals surface area (Å²) in [4.78, 5) is 4.54. The van der Waals surface area contributed by atoms with Crippen LogP contribution in [0, 0.1) is 0 Å². The molecule has 2 aromatic rings. The smallest absolute Gasteiger partial charge is 0.123 e. The summed E-state index contributed by atoms with van der Waals surface area (Å²) in [5.74, 6) is 1.05. The van der Waals surface area contributed by atoms with Crippen molar-refractivity contribution in [3.8, 4) is 0 Å². The van der Waals surface area contributed by atoms with Gasteiger partial charge in [0.15, 0.2) is 0 Å². The monoisotopic (exact) mass is 204 g/mol. The quantitative estimate of drug-likeness (QED) is 0.718. The molecule has 0 aliphatic heterocycles. The molecule has 2 rings (SSSR count). The lowest BCUT2D eigenvalue weighted by Crippen LogP contribution is -2.23. The van der Waals surface area contributed by atoms with Crippen molar-refractivity contribution in [1.29, 1.82) is 0 Å². The molecule has 0 bridgehead atoms. The SMILES string of the molecule is Cn1c(CNCCN)nc2ccccc21. The molecule has 3 N–H and O–H groups in total. The lowest BCUT2D eigenvalue weighted by molar-refractivity contribution is 0.648. The zero-order valence-corrected chi connectivity index (χ0v) is 8.90. The third-order valence-electron chi connectivity index (χ3n) is 2.48. The fraction of sp³-hybridized carbons (Fsp3) is 0.364. The number of rotatable bonds is 4. The van der Waals surface area contributed by atoms with Crippen LogP contribution in [0.25, 0.3) is 11.0 Å².